The second-order valence-electron chi connectivity index (χ2n) is 2.09. The van der Waals surface area contributed by atoms with Gasteiger partial charge < -0.3 is 14.2 Å². The third kappa shape index (κ3) is 12.3. The van der Waals surface area contributed by atoms with E-state index in [9.17, 15) is 4.79 Å². The van der Waals surface area contributed by atoms with Gasteiger partial charge in [-0.1, -0.05) is 0 Å². The van der Waals surface area contributed by atoms with E-state index in [0.717, 1.165) is 0 Å². The van der Waals surface area contributed by atoms with Crippen LogP contribution < -0.4 is 5.50 Å². The molecule has 6 heteroatoms. The number of hydrogen-bond acceptors (Lipinski definition) is 4. The Balaban J connectivity index is 0. The summed E-state index contributed by atoms with van der Waals surface area (Å²) >= 11 is 0. The molecule has 0 radical (unpaired) electrons. The van der Waals surface area contributed by atoms with E-state index in [0.29, 0.717) is 0 Å². The van der Waals surface area contributed by atoms with Crippen molar-refractivity contribution in [2.45, 2.75) is 0 Å². The van der Waals surface area contributed by atoms with Gasteiger partial charge in [-0.25, -0.2) is 4.79 Å². The highest BCUT2D eigenvalue weighted by Crippen LogP contribution is 2.16. The van der Waals surface area contributed by atoms with Gasteiger partial charge in [0, 0.05) is 21.2 Å². The van der Waals surface area contributed by atoms with E-state index in [4.69, 9.17) is 5.50 Å². The Bertz CT molecular complexity index is 119. The van der Waals surface area contributed by atoms with Crippen LogP contribution in [0.15, 0.2) is 0 Å². The summed E-state index contributed by atoms with van der Waals surface area (Å²) < 4.78 is 8.89. The second kappa shape index (κ2) is 8.71. The molecule has 1 unspecified atom stereocenters. The van der Waals surface area contributed by atoms with Gasteiger partial charge in [-0.05, 0) is 6.66 Å². The summed E-state index contributed by atoms with van der Waals surface area (Å²) in [6.45, 7) is 1.84. The molecular weight excluding hydrogens is 179 g/mol. The van der Waals surface area contributed by atoms with Crippen LogP contribution in [-0.2, 0) is 9.26 Å². The molecule has 0 heterocycles. The van der Waals surface area contributed by atoms with Gasteiger partial charge in [0.25, 0.3) is 0 Å². The Labute approximate surface area is 74.7 Å². The zero-order valence-electron chi connectivity index (χ0n) is 8.20. The summed E-state index contributed by atoms with van der Waals surface area (Å²) in [5.41, 5.74) is 5.13. The van der Waals surface area contributed by atoms with Crippen molar-refractivity contribution in [3.05, 3.63) is 0 Å². The first-order valence-electron chi connectivity index (χ1n) is 3.23. The lowest BCUT2D eigenvalue weighted by Crippen LogP contribution is -2.20. The van der Waals surface area contributed by atoms with Gasteiger partial charge in [0.15, 0.2) is 0 Å². The minimum Gasteiger partial charge on any atom is -0.453 e. The van der Waals surface area contributed by atoms with Crippen LogP contribution in [-0.4, -0.2) is 46.0 Å². The Kier molecular flexibility index (Phi) is 10.3. The standard InChI is InChI=1S/C4H9NO2.C2H8NOP/c1-5(2)4(6)7-3;1-4-5(2)3/h1-3H3;3H2,1-2H3. The first-order valence-corrected chi connectivity index (χ1v) is 5.01. The van der Waals surface area contributed by atoms with Crippen molar-refractivity contribution in [1.82, 2.24) is 4.90 Å². The van der Waals surface area contributed by atoms with Gasteiger partial charge in [0.2, 0.25) is 0 Å². The quantitative estimate of drug-likeness (QED) is 0.631. The minimum absolute atomic E-state index is 0.319. The second-order valence-corrected chi connectivity index (χ2v) is 3.55. The summed E-state index contributed by atoms with van der Waals surface area (Å²) in [6, 6.07) is 0. The van der Waals surface area contributed by atoms with E-state index in [2.05, 4.69) is 9.26 Å². The topological polar surface area (TPSA) is 64.8 Å². The van der Waals surface area contributed by atoms with Crippen molar-refractivity contribution in [3.8, 4) is 0 Å². The average Bonchev–Trinajstić information content (AvgIpc) is 2.04. The first kappa shape index (κ1) is 14.2. The molecular formula is C6H17N2O3P. The lowest BCUT2D eigenvalue weighted by Gasteiger charge is -2.05. The van der Waals surface area contributed by atoms with Gasteiger partial charge >= 0.3 is 6.09 Å². The Morgan fingerprint density at radius 1 is 1.42 bits per heavy atom. The molecule has 0 aliphatic heterocycles. The molecule has 1 amide bonds. The fraction of sp³-hybridized carbons (Fsp3) is 0.833. The van der Waals surface area contributed by atoms with Crippen LogP contribution in [0.25, 0.3) is 0 Å². The van der Waals surface area contributed by atoms with Crippen LogP contribution in [0.5, 0.6) is 0 Å². The summed E-state index contributed by atoms with van der Waals surface area (Å²) in [5.74, 6) is 0. The van der Waals surface area contributed by atoms with Gasteiger partial charge in [0.1, 0.15) is 0 Å². The Hall–Kier alpha value is -0.380. The van der Waals surface area contributed by atoms with Crippen molar-refractivity contribution in [2.24, 2.45) is 5.50 Å². The molecule has 0 aliphatic carbocycles. The van der Waals surface area contributed by atoms with Crippen LogP contribution in [0.3, 0.4) is 0 Å². The molecule has 0 aromatic heterocycles. The van der Waals surface area contributed by atoms with Crippen molar-refractivity contribution >= 4 is 14.4 Å². The average molecular weight is 196 g/mol. The van der Waals surface area contributed by atoms with Crippen molar-refractivity contribution in [1.29, 1.82) is 0 Å². The molecule has 0 aromatic carbocycles. The number of amides is 1. The molecule has 5 nitrogen and oxygen atoms in total. The maximum atomic E-state index is 10.2. The number of rotatable bonds is 1. The van der Waals surface area contributed by atoms with Crippen LogP contribution in [0.4, 0.5) is 4.79 Å². The van der Waals surface area contributed by atoms with E-state index in [1.807, 2.05) is 6.66 Å². The van der Waals surface area contributed by atoms with E-state index in [1.165, 1.54) is 12.0 Å². The third-order valence-electron chi connectivity index (χ3n) is 0.828. The first-order chi connectivity index (χ1) is 5.45. The maximum Gasteiger partial charge on any atom is 0.408 e. The highest BCUT2D eigenvalue weighted by molar-refractivity contribution is 7.48. The van der Waals surface area contributed by atoms with Crippen LogP contribution in [0, 0.1) is 0 Å². The fourth-order valence-corrected chi connectivity index (χ4v) is 0.183. The monoisotopic (exact) mass is 196 g/mol. The number of methoxy groups -OCH3 is 1. The zero-order chi connectivity index (χ0) is 10.1. The molecule has 0 fully saturated rings. The highest BCUT2D eigenvalue weighted by Gasteiger charge is 1.97. The van der Waals surface area contributed by atoms with Crippen LogP contribution in [0.2, 0.25) is 0 Å². The molecule has 0 aliphatic rings. The molecule has 0 bridgehead atoms. The smallest absolute Gasteiger partial charge is 0.408 e. The van der Waals surface area contributed by atoms with Crippen molar-refractivity contribution in [3.63, 3.8) is 0 Å². The number of nitrogens with two attached hydrogens (primary N) is 1. The fourth-order valence-electron chi connectivity index (χ4n) is 0.183. The number of carbonyl (C=O) groups excluding carboxylic acids is 1. The third-order valence-corrected chi connectivity index (χ3v) is 1.40. The van der Waals surface area contributed by atoms with E-state index >= 15 is 0 Å². The van der Waals surface area contributed by atoms with Crippen molar-refractivity contribution in [2.75, 3.05) is 35.0 Å². The van der Waals surface area contributed by atoms with Gasteiger partial charge in [0.05, 0.1) is 15.4 Å². The normalized spacial score (nSPS) is 10.8. The van der Waals surface area contributed by atoms with Gasteiger partial charge in [-0.3, -0.25) is 5.50 Å². The lowest BCUT2D eigenvalue weighted by atomic mass is 10.9. The molecule has 0 spiro atoms. The van der Waals surface area contributed by atoms with E-state index in [-0.39, 0.29) is 6.09 Å². The Morgan fingerprint density at radius 2 is 1.75 bits per heavy atom. The SMILES string of the molecule is COC(=O)N(C)C.COP(C)N. The largest absolute Gasteiger partial charge is 0.453 e. The van der Waals surface area contributed by atoms with E-state index < -0.39 is 8.30 Å². The molecule has 0 saturated carbocycles. The summed E-state index contributed by atoms with van der Waals surface area (Å²) in [6.07, 6.45) is -0.319. The Morgan fingerprint density at radius 3 is 1.75 bits per heavy atom. The zero-order valence-corrected chi connectivity index (χ0v) is 9.09. The summed E-state index contributed by atoms with van der Waals surface area (Å²) in [4.78, 5) is 11.6. The highest BCUT2D eigenvalue weighted by atomic mass is 31.2. The van der Waals surface area contributed by atoms with E-state index in [1.54, 1.807) is 21.2 Å². The molecule has 0 rings (SSSR count). The summed E-state index contributed by atoms with van der Waals surface area (Å²) in [7, 11) is 5.62. The van der Waals surface area contributed by atoms with Gasteiger partial charge in [-0.15, -0.1) is 0 Å². The lowest BCUT2D eigenvalue weighted by molar-refractivity contribution is 0.141. The predicted octanol–water partition coefficient (Wildman–Crippen LogP) is 0.848. The summed E-state index contributed by atoms with van der Waals surface area (Å²) in [5, 5.41) is 0. The molecule has 0 aromatic rings. The van der Waals surface area contributed by atoms with Gasteiger partial charge in [-0.2, -0.15) is 0 Å². The minimum atomic E-state index is -0.598. The number of carbonyl (C=O) groups is 1. The number of hydrogen-bond donors (Lipinski definition) is 1. The number of nitrogens with zero attached hydrogens (tertiary/aromatic N) is 1. The number of ether oxygens (including phenoxy) is 1. The van der Waals surface area contributed by atoms with Crippen LogP contribution in [0.1, 0.15) is 0 Å². The molecule has 2 N–H and O–H groups in total. The molecule has 12 heavy (non-hydrogen) atoms. The van der Waals surface area contributed by atoms with Crippen molar-refractivity contribution < 1.29 is 14.1 Å². The predicted molar refractivity (Wildman–Crippen MR) is 50.1 cm³/mol. The molecule has 74 valence electrons. The molecule has 1 atom stereocenters. The molecule has 0 saturated heterocycles. The maximum absolute atomic E-state index is 10.2. The van der Waals surface area contributed by atoms with Crippen LogP contribution >= 0.6 is 8.30 Å².